The summed E-state index contributed by atoms with van der Waals surface area (Å²) in [4.78, 5) is 15.0. The Labute approximate surface area is 106 Å². The van der Waals surface area contributed by atoms with Gasteiger partial charge in [-0.3, -0.25) is 4.79 Å². The molecule has 2 nitrogen and oxygen atoms in total. The molecule has 0 bridgehead atoms. The summed E-state index contributed by atoms with van der Waals surface area (Å²) < 4.78 is 0. The van der Waals surface area contributed by atoms with Crippen LogP contribution in [0.5, 0.6) is 0 Å². The van der Waals surface area contributed by atoms with Crippen molar-refractivity contribution in [2.45, 2.75) is 6.92 Å². The van der Waals surface area contributed by atoms with E-state index in [1.807, 2.05) is 61.6 Å². The SMILES string of the molecule is Cc1csc(C(=O)c2ccc(N(C)C)cc2)c1. The third kappa shape index (κ3) is 2.56. The van der Waals surface area contributed by atoms with E-state index in [1.165, 1.54) is 11.3 Å². The molecule has 1 heterocycles. The lowest BCUT2D eigenvalue weighted by Crippen LogP contribution is -2.08. The van der Waals surface area contributed by atoms with E-state index < -0.39 is 0 Å². The highest BCUT2D eigenvalue weighted by atomic mass is 32.1. The minimum absolute atomic E-state index is 0.105. The number of carbonyl (C=O) groups is 1. The van der Waals surface area contributed by atoms with Crippen molar-refractivity contribution in [2.75, 3.05) is 19.0 Å². The van der Waals surface area contributed by atoms with Gasteiger partial charge in [0.2, 0.25) is 5.78 Å². The second-order valence-electron chi connectivity index (χ2n) is 4.26. The van der Waals surface area contributed by atoms with Gasteiger partial charge in [-0.15, -0.1) is 11.3 Å². The Bertz CT molecular complexity index is 525. The lowest BCUT2D eigenvalue weighted by atomic mass is 10.1. The first-order valence-electron chi connectivity index (χ1n) is 5.45. The Balaban J connectivity index is 2.26. The van der Waals surface area contributed by atoms with Gasteiger partial charge in [0.1, 0.15) is 0 Å². The number of rotatable bonds is 3. The lowest BCUT2D eigenvalue weighted by molar-refractivity contribution is 0.104. The van der Waals surface area contributed by atoms with Gasteiger partial charge in [0.05, 0.1) is 4.88 Å². The van der Waals surface area contributed by atoms with Crippen molar-refractivity contribution in [2.24, 2.45) is 0 Å². The standard InChI is InChI=1S/C14H15NOS/c1-10-8-13(17-9-10)14(16)11-4-6-12(7-5-11)15(2)3/h4-9H,1-3H3. The third-order valence-corrected chi connectivity index (χ3v) is 3.65. The average Bonchev–Trinajstić information content (AvgIpc) is 2.75. The molecule has 0 aliphatic heterocycles. The number of carbonyl (C=O) groups excluding carboxylic acids is 1. The minimum Gasteiger partial charge on any atom is -0.378 e. The van der Waals surface area contributed by atoms with Crippen molar-refractivity contribution in [3.05, 3.63) is 51.7 Å². The van der Waals surface area contributed by atoms with Gasteiger partial charge in [-0.1, -0.05) is 0 Å². The molecule has 0 saturated heterocycles. The summed E-state index contributed by atoms with van der Waals surface area (Å²) in [6, 6.07) is 9.63. The summed E-state index contributed by atoms with van der Waals surface area (Å²) in [7, 11) is 3.97. The molecule has 0 amide bonds. The Morgan fingerprint density at radius 3 is 2.29 bits per heavy atom. The molecular formula is C14H15NOS. The molecule has 2 rings (SSSR count). The Kier molecular flexibility index (Phi) is 3.29. The highest BCUT2D eigenvalue weighted by Crippen LogP contribution is 2.20. The molecule has 0 saturated carbocycles. The second-order valence-corrected chi connectivity index (χ2v) is 5.17. The summed E-state index contributed by atoms with van der Waals surface area (Å²) in [5.41, 5.74) is 2.99. The highest BCUT2D eigenvalue weighted by Gasteiger charge is 2.10. The molecule has 0 radical (unpaired) electrons. The van der Waals surface area contributed by atoms with Crippen LogP contribution in [0.15, 0.2) is 35.7 Å². The summed E-state index contributed by atoms with van der Waals surface area (Å²) in [6.45, 7) is 2.00. The molecule has 1 aromatic carbocycles. The van der Waals surface area contributed by atoms with Crippen LogP contribution >= 0.6 is 11.3 Å². The Morgan fingerprint density at radius 2 is 1.82 bits per heavy atom. The van der Waals surface area contributed by atoms with Gasteiger partial charge >= 0.3 is 0 Å². The molecule has 0 fully saturated rings. The van der Waals surface area contributed by atoms with Gasteiger partial charge in [-0.2, -0.15) is 0 Å². The molecule has 0 N–H and O–H groups in total. The Morgan fingerprint density at radius 1 is 1.18 bits per heavy atom. The second kappa shape index (κ2) is 4.72. The van der Waals surface area contributed by atoms with E-state index in [-0.39, 0.29) is 5.78 Å². The van der Waals surface area contributed by atoms with Crippen molar-refractivity contribution in [3.8, 4) is 0 Å². The molecule has 0 spiro atoms. The van der Waals surface area contributed by atoms with Crippen molar-refractivity contribution >= 4 is 22.8 Å². The van der Waals surface area contributed by atoms with Crippen molar-refractivity contribution < 1.29 is 4.79 Å². The van der Waals surface area contributed by atoms with E-state index in [1.54, 1.807) is 0 Å². The highest BCUT2D eigenvalue weighted by molar-refractivity contribution is 7.12. The zero-order valence-electron chi connectivity index (χ0n) is 10.2. The molecule has 17 heavy (non-hydrogen) atoms. The lowest BCUT2D eigenvalue weighted by Gasteiger charge is -2.12. The van der Waals surface area contributed by atoms with Crippen LogP contribution in [0, 0.1) is 6.92 Å². The van der Waals surface area contributed by atoms with Crippen LogP contribution in [-0.2, 0) is 0 Å². The zero-order valence-corrected chi connectivity index (χ0v) is 11.0. The maximum Gasteiger partial charge on any atom is 0.202 e. The van der Waals surface area contributed by atoms with Gasteiger partial charge in [0.25, 0.3) is 0 Å². The first kappa shape index (κ1) is 11.9. The maximum atomic E-state index is 12.1. The van der Waals surface area contributed by atoms with E-state index in [4.69, 9.17) is 0 Å². The van der Waals surface area contributed by atoms with E-state index in [0.717, 1.165) is 21.7 Å². The van der Waals surface area contributed by atoms with Crippen molar-refractivity contribution in [3.63, 3.8) is 0 Å². The molecule has 3 heteroatoms. The molecular weight excluding hydrogens is 230 g/mol. The zero-order chi connectivity index (χ0) is 12.4. The Hall–Kier alpha value is -1.61. The van der Waals surface area contributed by atoms with Crippen molar-refractivity contribution in [1.82, 2.24) is 0 Å². The van der Waals surface area contributed by atoms with Crippen LogP contribution in [0.25, 0.3) is 0 Å². The fourth-order valence-corrected chi connectivity index (χ4v) is 2.46. The molecule has 0 aliphatic rings. The predicted octanol–water partition coefficient (Wildman–Crippen LogP) is 3.35. The fraction of sp³-hybridized carbons (Fsp3) is 0.214. The van der Waals surface area contributed by atoms with Crippen LogP contribution in [0.3, 0.4) is 0 Å². The monoisotopic (exact) mass is 245 g/mol. The first-order valence-corrected chi connectivity index (χ1v) is 6.33. The van der Waals surface area contributed by atoms with Gasteiger partial charge in [0, 0.05) is 25.3 Å². The van der Waals surface area contributed by atoms with Crippen LogP contribution in [-0.4, -0.2) is 19.9 Å². The number of nitrogens with zero attached hydrogens (tertiary/aromatic N) is 1. The molecule has 0 unspecified atom stereocenters. The quantitative estimate of drug-likeness (QED) is 0.773. The number of hydrogen-bond acceptors (Lipinski definition) is 3. The molecule has 2 aromatic rings. The van der Waals surface area contributed by atoms with Crippen LogP contribution in [0.2, 0.25) is 0 Å². The van der Waals surface area contributed by atoms with E-state index >= 15 is 0 Å². The van der Waals surface area contributed by atoms with Gasteiger partial charge in [0.15, 0.2) is 0 Å². The molecule has 0 atom stereocenters. The van der Waals surface area contributed by atoms with E-state index in [0.29, 0.717) is 0 Å². The summed E-state index contributed by atoms with van der Waals surface area (Å²) in [5, 5.41) is 2.00. The average molecular weight is 245 g/mol. The minimum atomic E-state index is 0.105. The smallest absolute Gasteiger partial charge is 0.202 e. The number of thiophene rings is 1. The van der Waals surface area contributed by atoms with Gasteiger partial charge in [-0.05, 0) is 48.2 Å². The van der Waals surface area contributed by atoms with E-state index in [9.17, 15) is 4.79 Å². The number of benzene rings is 1. The summed E-state index contributed by atoms with van der Waals surface area (Å²) in [5.74, 6) is 0.105. The van der Waals surface area contributed by atoms with Crippen LogP contribution < -0.4 is 4.90 Å². The summed E-state index contributed by atoms with van der Waals surface area (Å²) in [6.07, 6.45) is 0. The topological polar surface area (TPSA) is 20.3 Å². The number of ketones is 1. The third-order valence-electron chi connectivity index (χ3n) is 2.60. The number of hydrogen-bond donors (Lipinski definition) is 0. The fourth-order valence-electron chi connectivity index (χ4n) is 1.60. The summed E-state index contributed by atoms with van der Waals surface area (Å²) >= 11 is 1.50. The van der Waals surface area contributed by atoms with E-state index in [2.05, 4.69) is 0 Å². The normalized spacial score (nSPS) is 10.3. The predicted molar refractivity (Wildman–Crippen MR) is 73.3 cm³/mol. The maximum absolute atomic E-state index is 12.1. The molecule has 88 valence electrons. The van der Waals surface area contributed by atoms with Gasteiger partial charge in [-0.25, -0.2) is 0 Å². The molecule has 0 aliphatic carbocycles. The first-order chi connectivity index (χ1) is 8.08. The van der Waals surface area contributed by atoms with Crippen molar-refractivity contribution in [1.29, 1.82) is 0 Å². The largest absolute Gasteiger partial charge is 0.378 e. The van der Waals surface area contributed by atoms with Gasteiger partial charge < -0.3 is 4.90 Å². The van der Waals surface area contributed by atoms with Crippen LogP contribution in [0.1, 0.15) is 20.8 Å². The van der Waals surface area contributed by atoms with Crippen LogP contribution in [0.4, 0.5) is 5.69 Å². The number of anilines is 1. The number of aryl methyl sites for hydroxylation is 1. The molecule has 1 aromatic heterocycles.